The lowest BCUT2D eigenvalue weighted by atomic mass is 9.68. The molecule has 31 heavy (non-hydrogen) atoms. The Morgan fingerprint density at radius 3 is 2.39 bits per heavy atom. The third kappa shape index (κ3) is 5.55. The molecule has 1 aliphatic heterocycles. The first-order valence-corrected chi connectivity index (χ1v) is 11.2. The summed E-state index contributed by atoms with van der Waals surface area (Å²) in [6.07, 6.45) is 4.80. The molecule has 1 N–H and O–H groups in total. The van der Waals surface area contributed by atoms with E-state index in [-0.39, 0.29) is 35.0 Å². The number of carbonyl (C=O) groups excluding carboxylic acids is 2. The van der Waals surface area contributed by atoms with E-state index in [1.165, 1.54) is 13.2 Å². The van der Waals surface area contributed by atoms with Crippen molar-refractivity contribution in [2.45, 2.75) is 84.0 Å². The molecule has 0 spiro atoms. The highest BCUT2D eigenvalue weighted by Gasteiger charge is 2.54. The van der Waals surface area contributed by atoms with Gasteiger partial charge in [-0.1, -0.05) is 51.1 Å². The minimum atomic E-state index is -0.543. The van der Waals surface area contributed by atoms with E-state index in [0.29, 0.717) is 0 Å². The van der Waals surface area contributed by atoms with E-state index in [9.17, 15) is 9.59 Å². The molecule has 0 aromatic heterocycles. The van der Waals surface area contributed by atoms with Gasteiger partial charge in [0.15, 0.2) is 0 Å². The summed E-state index contributed by atoms with van der Waals surface area (Å²) in [4.78, 5) is 30.4. The summed E-state index contributed by atoms with van der Waals surface area (Å²) in [5.41, 5.74) is 0.593. The van der Waals surface area contributed by atoms with Crippen molar-refractivity contribution in [1.29, 1.82) is 0 Å². The van der Waals surface area contributed by atoms with Crippen molar-refractivity contribution in [2.24, 2.45) is 5.92 Å². The summed E-state index contributed by atoms with van der Waals surface area (Å²) >= 11 is 0. The van der Waals surface area contributed by atoms with Gasteiger partial charge in [0, 0.05) is 29.3 Å². The maximum atomic E-state index is 12.5. The lowest BCUT2D eigenvalue weighted by Gasteiger charge is -2.60. The molecule has 6 heteroatoms. The lowest BCUT2D eigenvalue weighted by Crippen LogP contribution is -2.69. The van der Waals surface area contributed by atoms with Crippen molar-refractivity contribution >= 4 is 11.9 Å². The molecule has 1 fully saturated rings. The van der Waals surface area contributed by atoms with Gasteiger partial charge < -0.3 is 10.1 Å². The average Bonchev–Trinajstić information content (AvgIpc) is 2.78. The summed E-state index contributed by atoms with van der Waals surface area (Å²) in [6.45, 7) is 13.0. The molecular weight excluding hydrogens is 392 g/mol. The van der Waals surface area contributed by atoms with Crippen molar-refractivity contribution in [3.05, 3.63) is 48.0 Å². The van der Waals surface area contributed by atoms with Crippen molar-refractivity contribution < 1.29 is 19.2 Å². The predicted octanol–water partition coefficient (Wildman–Crippen LogP) is 4.57. The molecule has 1 aromatic rings. The molecule has 0 bridgehead atoms. The molecule has 1 aliphatic rings. The number of nitrogens with one attached hydrogen (secondary N) is 1. The largest absolute Gasteiger partial charge is 0.466 e. The average molecular weight is 431 g/mol. The van der Waals surface area contributed by atoms with Gasteiger partial charge in [0.2, 0.25) is 5.91 Å². The zero-order valence-electron chi connectivity index (χ0n) is 20.0. The summed E-state index contributed by atoms with van der Waals surface area (Å²) in [5.74, 6) is -0.695. The molecule has 5 atom stereocenters. The number of nitrogens with zero attached hydrogens (tertiary/aromatic N) is 1. The Balaban J connectivity index is 2.28. The minimum absolute atomic E-state index is 0.0448. The fourth-order valence-corrected chi connectivity index (χ4v) is 4.53. The topological polar surface area (TPSA) is 67.9 Å². The number of hydroxylamine groups is 2. The first-order chi connectivity index (χ1) is 14.6. The summed E-state index contributed by atoms with van der Waals surface area (Å²) in [6, 6.07) is 10.2. The van der Waals surface area contributed by atoms with Crippen LogP contribution in [0.1, 0.15) is 72.5 Å². The highest BCUT2D eigenvalue weighted by molar-refractivity contribution is 5.94. The van der Waals surface area contributed by atoms with Gasteiger partial charge in [0.25, 0.3) is 0 Å². The van der Waals surface area contributed by atoms with Crippen LogP contribution in [-0.2, 0) is 19.2 Å². The Labute approximate surface area is 186 Å². The maximum absolute atomic E-state index is 12.5. The number of esters is 1. The highest BCUT2D eigenvalue weighted by Crippen LogP contribution is 2.47. The third-order valence-corrected chi connectivity index (χ3v) is 7.11. The molecule has 1 aromatic carbocycles. The Bertz CT molecular complexity index is 781. The van der Waals surface area contributed by atoms with Crippen LogP contribution in [0.4, 0.5) is 0 Å². The Morgan fingerprint density at radius 1 is 1.19 bits per heavy atom. The smallest absolute Gasteiger partial charge is 0.330 e. The van der Waals surface area contributed by atoms with Crippen molar-refractivity contribution in [3.63, 3.8) is 0 Å². The van der Waals surface area contributed by atoms with Crippen LogP contribution in [0.3, 0.4) is 0 Å². The molecule has 172 valence electrons. The second-order valence-electron chi connectivity index (χ2n) is 8.98. The standard InChI is InChI=1S/C25H38N2O4/c1-8-24(5)17-21(26-22(28)15-16-23(29)30-7)18(3)25(6,9-2)27(24)31-19(4)20-13-11-10-12-14-20/h10-16,18-19,21H,8-9,17H2,1-7H3,(H,26,28). The number of ether oxygens (including phenoxy) is 1. The number of carbonyl (C=O) groups is 2. The van der Waals surface area contributed by atoms with Crippen LogP contribution in [-0.4, -0.2) is 41.2 Å². The van der Waals surface area contributed by atoms with Crippen molar-refractivity contribution in [2.75, 3.05) is 7.11 Å². The second kappa shape index (κ2) is 10.4. The van der Waals surface area contributed by atoms with E-state index in [4.69, 9.17) is 4.84 Å². The minimum Gasteiger partial charge on any atom is -0.466 e. The van der Waals surface area contributed by atoms with Gasteiger partial charge in [0.1, 0.15) is 6.10 Å². The first kappa shape index (κ1) is 25.1. The van der Waals surface area contributed by atoms with Crippen LogP contribution in [0.2, 0.25) is 0 Å². The third-order valence-electron chi connectivity index (χ3n) is 7.11. The summed E-state index contributed by atoms with van der Waals surface area (Å²) in [7, 11) is 1.29. The van der Waals surface area contributed by atoms with Crippen LogP contribution in [0.25, 0.3) is 0 Å². The molecule has 2 rings (SSSR count). The van der Waals surface area contributed by atoms with E-state index in [1.54, 1.807) is 0 Å². The summed E-state index contributed by atoms with van der Waals surface area (Å²) in [5, 5.41) is 5.32. The fourth-order valence-electron chi connectivity index (χ4n) is 4.53. The molecule has 1 amide bonds. The molecule has 6 nitrogen and oxygen atoms in total. The van der Waals surface area contributed by atoms with E-state index < -0.39 is 5.97 Å². The predicted molar refractivity (Wildman–Crippen MR) is 122 cm³/mol. The Morgan fingerprint density at radius 2 is 1.84 bits per heavy atom. The maximum Gasteiger partial charge on any atom is 0.330 e. The first-order valence-electron chi connectivity index (χ1n) is 11.2. The molecule has 1 heterocycles. The number of methoxy groups -OCH3 is 1. The van der Waals surface area contributed by atoms with Crippen molar-refractivity contribution in [3.8, 4) is 0 Å². The normalized spacial score (nSPS) is 30.2. The zero-order chi connectivity index (χ0) is 23.2. The second-order valence-corrected chi connectivity index (χ2v) is 8.98. The number of benzene rings is 1. The molecule has 0 saturated carbocycles. The molecule has 1 saturated heterocycles. The van der Waals surface area contributed by atoms with Gasteiger partial charge in [0.05, 0.1) is 7.11 Å². The molecule has 5 unspecified atom stereocenters. The zero-order valence-corrected chi connectivity index (χ0v) is 20.0. The number of amides is 1. The monoisotopic (exact) mass is 430 g/mol. The summed E-state index contributed by atoms with van der Waals surface area (Å²) < 4.78 is 4.57. The molecule has 0 aliphatic carbocycles. The number of rotatable bonds is 8. The van der Waals surface area contributed by atoms with Crippen LogP contribution in [0.15, 0.2) is 42.5 Å². The van der Waals surface area contributed by atoms with E-state index in [2.05, 4.69) is 68.8 Å². The van der Waals surface area contributed by atoms with Crippen LogP contribution in [0.5, 0.6) is 0 Å². The Kier molecular flexibility index (Phi) is 8.43. The number of hydrogen-bond acceptors (Lipinski definition) is 5. The molecular formula is C25H38N2O4. The lowest BCUT2D eigenvalue weighted by molar-refractivity contribution is -0.327. The van der Waals surface area contributed by atoms with E-state index in [0.717, 1.165) is 30.9 Å². The van der Waals surface area contributed by atoms with Gasteiger partial charge in [-0.2, -0.15) is 5.06 Å². The SMILES string of the molecule is CCC1(C)CC(NC(=O)C=CC(=O)OC)C(C)C(C)(CC)N1OC(C)c1ccccc1. The number of piperidine rings is 1. The highest BCUT2D eigenvalue weighted by atomic mass is 16.7. The van der Waals surface area contributed by atoms with Gasteiger partial charge in [-0.25, -0.2) is 4.79 Å². The van der Waals surface area contributed by atoms with Crippen LogP contribution in [0, 0.1) is 5.92 Å². The number of hydrogen-bond donors (Lipinski definition) is 1. The van der Waals surface area contributed by atoms with Crippen molar-refractivity contribution in [1.82, 2.24) is 10.4 Å². The quantitative estimate of drug-likeness (QED) is 0.483. The van der Waals surface area contributed by atoms with E-state index in [1.807, 2.05) is 18.2 Å². The van der Waals surface area contributed by atoms with Gasteiger partial charge >= 0.3 is 5.97 Å². The van der Waals surface area contributed by atoms with Gasteiger partial charge in [-0.15, -0.1) is 0 Å². The van der Waals surface area contributed by atoms with Crippen LogP contribution < -0.4 is 5.32 Å². The Hall–Kier alpha value is -2.18. The van der Waals surface area contributed by atoms with Crippen LogP contribution >= 0.6 is 0 Å². The fraction of sp³-hybridized carbons (Fsp3) is 0.600. The molecule has 0 radical (unpaired) electrons. The van der Waals surface area contributed by atoms with E-state index >= 15 is 0 Å². The van der Waals surface area contributed by atoms with Gasteiger partial charge in [-0.3, -0.25) is 9.63 Å². The van der Waals surface area contributed by atoms with Gasteiger partial charge in [-0.05, 0) is 51.5 Å².